The smallest absolute Gasteiger partial charge is 0.234 e. The summed E-state index contributed by atoms with van der Waals surface area (Å²) in [6.45, 7) is 24.2. The zero-order valence-electron chi connectivity index (χ0n) is 34.2. The van der Waals surface area contributed by atoms with Crippen LogP contribution in [-0.4, -0.2) is 94.8 Å². The first-order chi connectivity index (χ1) is 24.1. The first kappa shape index (κ1) is 46.9. The molecule has 1 aromatic rings. The highest BCUT2D eigenvalue weighted by molar-refractivity contribution is 5.82. The van der Waals surface area contributed by atoms with Crippen molar-refractivity contribution in [2.75, 3.05) is 32.8 Å². The van der Waals surface area contributed by atoms with Gasteiger partial charge in [-0.2, -0.15) is 0 Å². The predicted molar refractivity (Wildman–Crippen MR) is 204 cm³/mol. The van der Waals surface area contributed by atoms with E-state index < -0.39 is 22.0 Å². The van der Waals surface area contributed by atoms with Gasteiger partial charge in [0.05, 0.1) is 35.0 Å². The Kier molecular flexibility index (Phi) is 20.0. The van der Waals surface area contributed by atoms with Crippen LogP contribution >= 0.6 is 0 Å². The number of nitrogens with one attached hydrogen (secondary N) is 4. The lowest BCUT2D eigenvalue weighted by atomic mass is 9.88. The number of carbonyl (C=O) groups excluding carboxylic acids is 4. The van der Waals surface area contributed by atoms with E-state index in [2.05, 4.69) is 38.5 Å². The van der Waals surface area contributed by atoms with E-state index in [1.807, 2.05) is 75.4 Å². The van der Waals surface area contributed by atoms with Crippen LogP contribution < -0.4 is 27.0 Å². The number of hydrogen-bond acceptors (Lipinski definition) is 9. The van der Waals surface area contributed by atoms with Crippen LogP contribution in [0.2, 0.25) is 0 Å². The second kappa shape index (κ2) is 22.2. The van der Waals surface area contributed by atoms with Crippen molar-refractivity contribution in [3.63, 3.8) is 0 Å². The molecule has 300 valence electrons. The van der Waals surface area contributed by atoms with Gasteiger partial charge in [0, 0.05) is 63.3 Å². The van der Waals surface area contributed by atoms with Crippen molar-refractivity contribution in [3.8, 4) is 0 Å². The van der Waals surface area contributed by atoms with Gasteiger partial charge in [-0.05, 0) is 80.1 Å². The van der Waals surface area contributed by atoms with Crippen molar-refractivity contribution in [2.45, 2.75) is 164 Å². The molecule has 0 radical (unpaired) electrons. The molecule has 1 aromatic heterocycles. The van der Waals surface area contributed by atoms with E-state index in [0.29, 0.717) is 65.1 Å². The van der Waals surface area contributed by atoms with Gasteiger partial charge in [0.15, 0.2) is 0 Å². The zero-order valence-corrected chi connectivity index (χ0v) is 34.2. The third-order valence-electron chi connectivity index (χ3n) is 9.02. The molecule has 1 unspecified atom stereocenters. The molecule has 1 atom stereocenters. The first-order valence-corrected chi connectivity index (χ1v) is 19.1. The summed E-state index contributed by atoms with van der Waals surface area (Å²) >= 11 is 0. The molecule has 4 amide bonds. The van der Waals surface area contributed by atoms with Gasteiger partial charge in [-0.1, -0.05) is 46.3 Å². The molecule has 14 heteroatoms. The molecule has 0 saturated heterocycles. The maximum Gasteiger partial charge on any atom is 0.234 e. The van der Waals surface area contributed by atoms with Gasteiger partial charge in [0.25, 0.3) is 0 Å². The molecule has 0 bridgehead atoms. The zero-order chi connectivity index (χ0) is 39.6. The van der Waals surface area contributed by atoms with Crippen molar-refractivity contribution in [3.05, 3.63) is 11.9 Å². The van der Waals surface area contributed by atoms with Crippen molar-refractivity contribution < 1.29 is 28.7 Å². The average Bonchev–Trinajstić information content (AvgIpc) is 3.51. The van der Waals surface area contributed by atoms with Crippen molar-refractivity contribution in [1.82, 2.24) is 36.3 Å². The normalized spacial score (nSPS) is 13.2. The predicted octanol–water partition coefficient (Wildman–Crippen LogP) is 3.80. The maximum absolute atomic E-state index is 12.8. The lowest BCUT2D eigenvalue weighted by Gasteiger charge is -2.31. The highest BCUT2D eigenvalue weighted by Gasteiger charge is 2.31. The fourth-order valence-electron chi connectivity index (χ4n) is 5.09. The molecular formula is C38H72N8O6. The topological polar surface area (TPSA) is 192 Å². The fourth-order valence-corrected chi connectivity index (χ4v) is 5.09. The Morgan fingerprint density at radius 2 is 1.48 bits per heavy atom. The number of hydrogen-bond donors (Lipinski definition) is 5. The number of rotatable bonds is 28. The van der Waals surface area contributed by atoms with Crippen LogP contribution in [0, 0.1) is 10.8 Å². The minimum Gasteiger partial charge on any atom is -0.374 e. The fraction of sp³-hybridized carbons (Fsp3) is 0.842. The molecule has 1 heterocycles. The molecule has 0 fully saturated rings. The Hall–Kier alpha value is -3.10. The van der Waals surface area contributed by atoms with Crippen LogP contribution in [0.3, 0.4) is 0 Å². The van der Waals surface area contributed by atoms with E-state index in [4.69, 9.17) is 15.2 Å². The summed E-state index contributed by atoms with van der Waals surface area (Å²) in [5.41, 5.74) is 3.87. The van der Waals surface area contributed by atoms with Crippen LogP contribution in [0.25, 0.3) is 0 Å². The van der Waals surface area contributed by atoms with Gasteiger partial charge in [-0.15, -0.1) is 5.10 Å². The number of ether oxygens (including phenoxy) is 2. The lowest BCUT2D eigenvalue weighted by molar-refractivity contribution is -0.137. The maximum atomic E-state index is 12.8. The van der Waals surface area contributed by atoms with E-state index in [0.717, 1.165) is 31.4 Å². The quantitative estimate of drug-likeness (QED) is 0.0797. The molecule has 1 rings (SSSR count). The summed E-state index contributed by atoms with van der Waals surface area (Å²) in [5, 5.41) is 20.6. The summed E-state index contributed by atoms with van der Waals surface area (Å²) in [5.74, 6) is -0.519. The Labute approximate surface area is 313 Å². The van der Waals surface area contributed by atoms with Crippen LogP contribution in [0.15, 0.2) is 6.20 Å². The van der Waals surface area contributed by atoms with Gasteiger partial charge in [-0.25, -0.2) is 0 Å². The van der Waals surface area contributed by atoms with E-state index in [1.54, 1.807) is 4.68 Å². The summed E-state index contributed by atoms with van der Waals surface area (Å²) in [6.07, 6.45) is 7.91. The number of aryl methyl sites for hydroxylation is 2. The summed E-state index contributed by atoms with van der Waals surface area (Å²) < 4.78 is 14.0. The number of nitrogens with two attached hydrogens (primary N) is 1. The molecule has 6 N–H and O–H groups in total. The van der Waals surface area contributed by atoms with Crippen molar-refractivity contribution in [1.29, 1.82) is 0 Å². The summed E-state index contributed by atoms with van der Waals surface area (Å²) in [6, 6.07) is -0.197. The largest absolute Gasteiger partial charge is 0.374 e. The Morgan fingerprint density at radius 1 is 0.846 bits per heavy atom. The van der Waals surface area contributed by atoms with Gasteiger partial charge in [0.2, 0.25) is 23.6 Å². The molecule has 0 aliphatic carbocycles. The molecule has 0 aromatic carbocycles. The summed E-state index contributed by atoms with van der Waals surface area (Å²) in [7, 11) is 0. The SMILES string of the molecule is CCCCNC(=O)C(C)(C)COC(C)(C)CCn1cc(CCC(=O)NCC(C)(C)OCCC(C)(C)C(=O)NCCCCC(NC(C)C)C(N)=O)nn1. The molecule has 14 nitrogen and oxygen atoms in total. The Morgan fingerprint density at radius 3 is 2.10 bits per heavy atom. The minimum absolute atomic E-state index is 0.00396. The highest BCUT2D eigenvalue weighted by Crippen LogP contribution is 2.24. The van der Waals surface area contributed by atoms with Crippen LogP contribution in [0.5, 0.6) is 0 Å². The second-order valence-electron chi connectivity index (χ2n) is 16.8. The van der Waals surface area contributed by atoms with Gasteiger partial charge < -0.3 is 36.5 Å². The van der Waals surface area contributed by atoms with Gasteiger partial charge in [-0.3, -0.25) is 23.9 Å². The number of amides is 4. The van der Waals surface area contributed by atoms with Crippen LogP contribution in [0.1, 0.15) is 133 Å². The van der Waals surface area contributed by atoms with E-state index in [1.165, 1.54) is 0 Å². The molecule has 0 saturated carbocycles. The number of unbranched alkanes of at least 4 members (excludes halogenated alkanes) is 2. The standard InChI is InChI=1S/C38H72N8O6/c1-12-13-21-40-34(50)36(6,7)27-52-37(8,9)19-23-46-25-29(44-45-46)17-18-31(47)42-26-38(10,11)51-24-20-35(4,5)33(49)41-22-15-14-16-30(32(39)48)43-28(2)3/h25,28,30,43H,12-24,26-27H2,1-11H3,(H2,39,48)(H,40,50)(H,41,49)(H,42,47). The van der Waals surface area contributed by atoms with E-state index >= 15 is 0 Å². The van der Waals surface area contributed by atoms with Crippen LogP contribution in [-0.2, 0) is 41.6 Å². The molecule has 52 heavy (non-hydrogen) atoms. The number of nitrogens with zero attached hydrogens (tertiary/aromatic N) is 3. The Balaban J connectivity index is 2.37. The average molecular weight is 737 g/mol. The lowest BCUT2D eigenvalue weighted by Crippen LogP contribution is -2.44. The highest BCUT2D eigenvalue weighted by atomic mass is 16.5. The second-order valence-corrected chi connectivity index (χ2v) is 16.8. The molecule has 0 aliphatic heterocycles. The van der Waals surface area contributed by atoms with Crippen molar-refractivity contribution in [2.24, 2.45) is 16.6 Å². The molecular weight excluding hydrogens is 664 g/mol. The molecule has 0 spiro atoms. The molecule has 0 aliphatic rings. The number of aromatic nitrogens is 3. The van der Waals surface area contributed by atoms with E-state index in [9.17, 15) is 19.2 Å². The number of primary amides is 1. The van der Waals surface area contributed by atoms with Crippen molar-refractivity contribution >= 4 is 23.6 Å². The first-order valence-electron chi connectivity index (χ1n) is 19.1. The van der Waals surface area contributed by atoms with E-state index in [-0.39, 0.29) is 42.1 Å². The monoisotopic (exact) mass is 737 g/mol. The Bertz CT molecular complexity index is 1240. The third-order valence-corrected chi connectivity index (χ3v) is 9.02. The number of carbonyl (C=O) groups is 4. The third kappa shape index (κ3) is 19.7. The summed E-state index contributed by atoms with van der Waals surface area (Å²) in [4.78, 5) is 49.6. The van der Waals surface area contributed by atoms with Gasteiger partial charge in [0.1, 0.15) is 0 Å². The minimum atomic E-state index is -0.629. The van der Waals surface area contributed by atoms with Crippen LogP contribution in [0.4, 0.5) is 0 Å². The van der Waals surface area contributed by atoms with Gasteiger partial charge >= 0.3 is 0 Å².